The summed E-state index contributed by atoms with van der Waals surface area (Å²) in [6, 6.07) is 15.9. The molecular formula is C16H13N3O. The molecule has 0 saturated carbocycles. The molecule has 0 spiro atoms. The van der Waals surface area contributed by atoms with Crippen molar-refractivity contribution in [1.82, 2.24) is 9.61 Å². The van der Waals surface area contributed by atoms with Gasteiger partial charge in [-0.15, -0.1) is 0 Å². The van der Waals surface area contributed by atoms with Crippen molar-refractivity contribution in [1.29, 1.82) is 5.26 Å². The van der Waals surface area contributed by atoms with Gasteiger partial charge in [-0.2, -0.15) is 10.4 Å². The molecule has 0 radical (unpaired) electrons. The first-order valence-corrected chi connectivity index (χ1v) is 6.34. The van der Waals surface area contributed by atoms with E-state index >= 15 is 0 Å². The molecule has 0 amide bonds. The number of ether oxygens (including phenoxy) is 1. The van der Waals surface area contributed by atoms with Gasteiger partial charge < -0.3 is 4.74 Å². The summed E-state index contributed by atoms with van der Waals surface area (Å²) in [4.78, 5) is 0. The molecule has 0 unspecified atom stereocenters. The molecular weight excluding hydrogens is 250 g/mol. The second-order valence-electron chi connectivity index (χ2n) is 4.54. The predicted octanol–water partition coefficient (Wildman–Crippen LogP) is 3.09. The Kier molecular flexibility index (Phi) is 3.10. The van der Waals surface area contributed by atoms with Crippen LogP contribution in [0.2, 0.25) is 0 Å². The van der Waals surface area contributed by atoms with Crippen LogP contribution >= 0.6 is 0 Å². The first-order valence-electron chi connectivity index (χ1n) is 6.34. The zero-order valence-electron chi connectivity index (χ0n) is 11.1. The van der Waals surface area contributed by atoms with Crippen molar-refractivity contribution in [2.24, 2.45) is 0 Å². The lowest BCUT2D eigenvalue weighted by Crippen LogP contribution is -1.96. The summed E-state index contributed by atoms with van der Waals surface area (Å²) in [6.07, 6.45) is 1.81. The summed E-state index contributed by atoms with van der Waals surface area (Å²) >= 11 is 0. The molecule has 2 heterocycles. The van der Waals surface area contributed by atoms with Crippen LogP contribution < -0.4 is 4.74 Å². The van der Waals surface area contributed by atoms with Gasteiger partial charge in [0.1, 0.15) is 24.0 Å². The third kappa shape index (κ3) is 2.21. The summed E-state index contributed by atoms with van der Waals surface area (Å²) in [5.41, 5.74) is 3.20. The van der Waals surface area contributed by atoms with Crippen molar-refractivity contribution in [3.8, 4) is 11.8 Å². The molecule has 0 saturated heterocycles. The lowest BCUT2D eigenvalue weighted by Gasteiger charge is -2.06. The zero-order valence-corrected chi connectivity index (χ0v) is 11.1. The van der Waals surface area contributed by atoms with E-state index < -0.39 is 0 Å². The molecule has 3 aromatic rings. The molecule has 0 aliphatic carbocycles. The van der Waals surface area contributed by atoms with E-state index in [1.807, 2.05) is 55.6 Å². The van der Waals surface area contributed by atoms with Crippen LogP contribution in [0.15, 0.2) is 48.7 Å². The third-order valence-corrected chi connectivity index (χ3v) is 3.14. The fourth-order valence-corrected chi connectivity index (χ4v) is 2.11. The molecule has 0 bridgehead atoms. The topological polar surface area (TPSA) is 50.3 Å². The van der Waals surface area contributed by atoms with Gasteiger partial charge in [-0.1, -0.05) is 30.3 Å². The lowest BCUT2D eigenvalue weighted by atomic mass is 10.2. The Labute approximate surface area is 116 Å². The maximum absolute atomic E-state index is 9.16. The SMILES string of the molecule is Cc1nn2ccc(OCc3ccccc3)cc2c1C#N. The van der Waals surface area contributed by atoms with E-state index in [0.717, 1.165) is 22.5 Å². The number of nitrogens with zero attached hydrogens (tertiary/aromatic N) is 3. The Morgan fingerprint density at radius 1 is 1.25 bits per heavy atom. The average molecular weight is 263 g/mol. The first-order chi connectivity index (χ1) is 9.78. The monoisotopic (exact) mass is 263 g/mol. The van der Waals surface area contributed by atoms with Crippen molar-refractivity contribution in [2.75, 3.05) is 0 Å². The van der Waals surface area contributed by atoms with Gasteiger partial charge in [0.15, 0.2) is 0 Å². The van der Waals surface area contributed by atoms with Gasteiger partial charge in [-0.05, 0) is 18.6 Å². The van der Waals surface area contributed by atoms with E-state index in [4.69, 9.17) is 10.00 Å². The Morgan fingerprint density at radius 2 is 2.05 bits per heavy atom. The van der Waals surface area contributed by atoms with E-state index in [-0.39, 0.29) is 0 Å². The number of aromatic nitrogens is 2. The minimum atomic E-state index is 0.506. The minimum absolute atomic E-state index is 0.506. The Morgan fingerprint density at radius 3 is 2.80 bits per heavy atom. The van der Waals surface area contributed by atoms with Crippen LogP contribution in [0.25, 0.3) is 5.52 Å². The van der Waals surface area contributed by atoms with Crippen LogP contribution in [0.3, 0.4) is 0 Å². The molecule has 3 rings (SSSR count). The fourth-order valence-electron chi connectivity index (χ4n) is 2.11. The molecule has 0 aliphatic rings. The molecule has 0 aliphatic heterocycles. The van der Waals surface area contributed by atoms with Gasteiger partial charge in [0.2, 0.25) is 0 Å². The average Bonchev–Trinajstić information content (AvgIpc) is 2.80. The number of hydrogen-bond acceptors (Lipinski definition) is 3. The number of hydrogen-bond donors (Lipinski definition) is 0. The highest BCUT2D eigenvalue weighted by molar-refractivity contribution is 5.64. The van der Waals surface area contributed by atoms with E-state index in [9.17, 15) is 0 Å². The Hall–Kier alpha value is -2.80. The van der Waals surface area contributed by atoms with E-state index in [2.05, 4.69) is 11.2 Å². The molecule has 20 heavy (non-hydrogen) atoms. The number of rotatable bonds is 3. The standard InChI is InChI=1S/C16H13N3O/c1-12-15(10-17)16-9-14(7-8-19(16)18-12)20-11-13-5-3-2-4-6-13/h2-9H,11H2,1H3. The smallest absolute Gasteiger partial charge is 0.123 e. The van der Waals surface area contributed by atoms with Crippen LogP contribution in [-0.4, -0.2) is 9.61 Å². The summed E-state index contributed by atoms with van der Waals surface area (Å²) in [5, 5.41) is 13.4. The quantitative estimate of drug-likeness (QED) is 0.729. The molecule has 1 aromatic carbocycles. The normalized spacial score (nSPS) is 10.4. The molecule has 2 aromatic heterocycles. The van der Waals surface area contributed by atoms with E-state index in [1.54, 1.807) is 4.52 Å². The highest BCUT2D eigenvalue weighted by Crippen LogP contribution is 2.20. The lowest BCUT2D eigenvalue weighted by molar-refractivity contribution is 0.306. The fraction of sp³-hybridized carbons (Fsp3) is 0.125. The summed E-state index contributed by atoms with van der Waals surface area (Å²) < 4.78 is 7.46. The number of benzene rings is 1. The Balaban J connectivity index is 1.88. The molecule has 98 valence electrons. The predicted molar refractivity (Wildman–Crippen MR) is 75.4 cm³/mol. The number of fused-ring (bicyclic) bond motifs is 1. The van der Waals surface area contributed by atoms with Crippen molar-refractivity contribution < 1.29 is 4.74 Å². The van der Waals surface area contributed by atoms with Gasteiger partial charge in [0, 0.05) is 12.3 Å². The molecule has 4 heteroatoms. The maximum atomic E-state index is 9.16. The minimum Gasteiger partial charge on any atom is -0.489 e. The largest absolute Gasteiger partial charge is 0.489 e. The third-order valence-electron chi connectivity index (χ3n) is 3.14. The van der Waals surface area contributed by atoms with E-state index in [1.165, 1.54) is 0 Å². The summed E-state index contributed by atoms with van der Waals surface area (Å²) in [7, 11) is 0. The van der Waals surface area contributed by atoms with Gasteiger partial charge in [0.25, 0.3) is 0 Å². The van der Waals surface area contributed by atoms with Gasteiger partial charge in [-0.3, -0.25) is 0 Å². The number of pyridine rings is 1. The zero-order chi connectivity index (χ0) is 13.9. The second-order valence-corrected chi connectivity index (χ2v) is 4.54. The second kappa shape index (κ2) is 5.06. The molecule has 0 atom stereocenters. The number of nitriles is 1. The summed E-state index contributed by atoms with van der Waals surface area (Å²) in [5.74, 6) is 0.734. The maximum Gasteiger partial charge on any atom is 0.123 e. The molecule has 4 nitrogen and oxygen atoms in total. The summed E-state index contributed by atoms with van der Waals surface area (Å²) in [6.45, 7) is 2.34. The van der Waals surface area contributed by atoms with E-state index in [0.29, 0.717) is 12.2 Å². The van der Waals surface area contributed by atoms with Crippen molar-refractivity contribution in [3.63, 3.8) is 0 Å². The number of aryl methyl sites for hydroxylation is 1. The van der Waals surface area contributed by atoms with Crippen molar-refractivity contribution in [3.05, 3.63) is 65.5 Å². The highest BCUT2D eigenvalue weighted by Gasteiger charge is 2.09. The van der Waals surface area contributed by atoms with Gasteiger partial charge >= 0.3 is 0 Å². The van der Waals surface area contributed by atoms with Crippen LogP contribution in [0.1, 0.15) is 16.8 Å². The van der Waals surface area contributed by atoms with Crippen LogP contribution in [0.4, 0.5) is 0 Å². The highest BCUT2D eigenvalue weighted by atomic mass is 16.5. The first kappa shape index (κ1) is 12.2. The Bertz CT molecular complexity index is 785. The van der Waals surface area contributed by atoms with Crippen molar-refractivity contribution in [2.45, 2.75) is 13.5 Å². The van der Waals surface area contributed by atoms with Gasteiger partial charge in [-0.25, -0.2) is 4.52 Å². The van der Waals surface area contributed by atoms with Crippen LogP contribution in [-0.2, 0) is 6.61 Å². The molecule has 0 N–H and O–H groups in total. The van der Waals surface area contributed by atoms with Crippen molar-refractivity contribution >= 4 is 5.52 Å². The van der Waals surface area contributed by atoms with Gasteiger partial charge in [0.05, 0.1) is 11.2 Å². The van der Waals surface area contributed by atoms with Crippen LogP contribution in [0, 0.1) is 18.3 Å². The molecule has 0 fully saturated rings. The van der Waals surface area contributed by atoms with Crippen LogP contribution in [0.5, 0.6) is 5.75 Å².